The Bertz CT molecular complexity index is 556. The maximum atomic E-state index is 10.3. The molecule has 2 aromatic rings. The summed E-state index contributed by atoms with van der Waals surface area (Å²) in [6.45, 7) is 2.37. The predicted octanol–water partition coefficient (Wildman–Crippen LogP) is 1.59. The molecule has 0 fully saturated rings. The third-order valence-electron chi connectivity index (χ3n) is 3.13. The van der Waals surface area contributed by atoms with Gasteiger partial charge in [-0.15, -0.1) is 0 Å². The molecule has 19 heavy (non-hydrogen) atoms. The number of aliphatic hydroxyl groups is 2. The van der Waals surface area contributed by atoms with E-state index < -0.39 is 12.2 Å². The maximum absolute atomic E-state index is 10.3. The quantitative estimate of drug-likeness (QED) is 0.764. The van der Waals surface area contributed by atoms with Crippen LogP contribution in [-0.4, -0.2) is 29.5 Å². The molecule has 0 aliphatic heterocycles. The van der Waals surface area contributed by atoms with E-state index in [2.05, 4.69) is 0 Å². The fourth-order valence-electron chi connectivity index (χ4n) is 2.18. The Morgan fingerprint density at radius 2 is 1.89 bits per heavy atom. The zero-order chi connectivity index (χ0) is 13.8. The summed E-state index contributed by atoms with van der Waals surface area (Å²) in [5.74, 6) is 0.584. The van der Waals surface area contributed by atoms with Gasteiger partial charge in [0.25, 0.3) is 0 Å². The van der Waals surface area contributed by atoms with Gasteiger partial charge in [0.15, 0.2) is 0 Å². The first-order valence-corrected chi connectivity index (χ1v) is 6.39. The minimum absolute atomic E-state index is 0.00402. The second-order valence-electron chi connectivity index (χ2n) is 4.38. The summed E-state index contributed by atoms with van der Waals surface area (Å²) in [6.07, 6.45) is -2.07. The minimum atomic E-state index is -1.06. The van der Waals surface area contributed by atoms with Crippen LogP contribution >= 0.6 is 0 Å². The van der Waals surface area contributed by atoms with Gasteiger partial charge in [0.05, 0.1) is 12.7 Å². The predicted molar refractivity (Wildman–Crippen MR) is 75.1 cm³/mol. The van der Waals surface area contributed by atoms with Crippen LogP contribution in [0.25, 0.3) is 10.8 Å². The van der Waals surface area contributed by atoms with Crippen LogP contribution in [0, 0.1) is 0 Å². The van der Waals surface area contributed by atoms with Crippen molar-refractivity contribution in [2.75, 3.05) is 13.2 Å². The van der Waals surface area contributed by atoms with Crippen molar-refractivity contribution in [2.45, 2.75) is 19.1 Å². The molecule has 2 unspecified atom stereocenters. The van der Waals surface area contributed by atoms with E-state index in [-0.39, 0.29) is 6.54 Å². The van der Waals surface area contributed by atoms with Gasteiger partial charge >= 0.3 is 0 Å². The number of benzene rings is 2. The fraction of sp³-hybridized carbons (Fsp3) is 0.333. The van der Waals surface area contributed by atoms with Crippen LogP contribution in [0.5, 0.6) is 5.75 Å². The molecule has 0 aromatic heterocycles. The van der Waals surface area contributed by atoms with Crippen LogP contribution < -0.4 is 10.5 Å². The Balaban J connectivity index is 2.61. The van der Waals surface area contributed by atoms with E-state index in [1.807, 2.05) is 43.3 Å². The highest BCUT2D eigenvalue weighted by atomic mass is 16.5. The third-order valence-corrected chi connectivity index (χ3v) is 3.13. The van der Waals surface area contributed by atoms with E-state index in [0.717, 1.165) is 10.8 Å². The van der Waals surface area contributed by atoms with Crippen molar-refractivity contribution in [2.24, 2.45) is 5.73 Å². The molecule has 4 heteroatoms. The Morgan fingerprint density at radius 1 is 1.16 bits per heavy atom. The maximum Gasteiger partial charge on any atom is 0.125 e. The average molecular weight is 261 g/mol. The molecule has 0 aliphatic rings. The summed E-state index contributed by atoms with van der Waals surface area (Å²) in [4.78, 5) is 0. The van der Waals surface area contributed by atoms with E-state index in [1.165, 1.54) is 0 Å². The third kappa shape index (κ3) is 2.71. The Kier molecular flexibility index (Phi) is 4.37. The Hall–Kier alpha value is -1.62. The molecule has 0 saturated carbocycles. The first-order valence-electron chi connectivity index (χ1n) is 6.39. The number of hydrogen-bond acceptors (Lipinski definition) is 4. The van der Waals surface area contributed by atoms with E-state index in [0.29, 0.717) is 17.9 Å². The molecule has 2 atom stereocenters. The van der Waals surface area contributed by atoms with Gasteiger partial charge < -0.3 is 20.7 Å². The number of aliphatic hydroxyl groups excluding tert-OH is 2. The highest BCUT2D eigenvalue weighted by Gasteiger charge is 2.23. The van der Waals surface area contributed by atoms with Gasteiger partial charge in [-0.25, -0.2) is 0 Å². The highest BCUT2D eigenvalue weighted by molar-refractivity contribution is 5.88. The number of fused-ring (bicyclic) bond motifs is 1. The van der Waals surface area contributed by atoms with Crippen molar-refractivity contribution in [1.82, 2.24) is 0 Å². The topological polar surface area (TPSA) is 75.7 Å². The van der Waals surface area contributed by atoms with Crippen molar-refractivity contribution in [1.29, 1.82) is 0 Å². The van der Waals surface area contributed by atoms with E-state index >= 15 is 0 Å². The lowest BCUT2D eigenvalue weighted by Gasteiger charge is -2.21. The summed E-state index contributed by atoms with van der Waals surface area (Å²) >= 11 is 0. The average Bonchev–Trinajstić information content (AvgIpc) is 2.45. The molecule has 0 heterocycles. The lowest BCUT2D eigenvalue weighted by atomic mass is 9.96. The molecule has 0 aliphatic carbocycles. The number of rotatable bonds is 5. The zero-order valence-corrected chi connectivity index (χ0v) is 10.9. The molecular formula is C15H19NO3. The number of ether oxygens (including phenoxy) is 1. The smallest absolute Gasteiger partial charge is 0.125 e. The molecule has 102 valence electrons. The summed E-state index contributed by atoms with van der Waals surface area (Å²) < 4.78 is 5.55. The van der Waals surface area contributed by atoms with Gasteiger partial charge in [-0.3, -0.25) is 0 Å². The monoisotopic (exact) mass is 261 g/mol. The molecule has 0 radical (unpaired) electrons. The van der Waals surface area contributed by atoms with Crippen molar-refractivity contribution in [3.63, 3.8) is 0 Å². The van der Waals surface area contributed by atoms with Crippen LogP contribution in [-0.2, 0) is 0 Å². The summed E-state index contributed by atoms with van der Waals surface area (Å²) in [6, 6.07) is 11.4. The molecule has 2 rings (SSSR count). The Labute approximate surface area is 112 Å². The largest absolute Gasteiger partial charge is 0.493 e. The molecule has 0 amide bonds. The van der Waals surface area contributed by atoms with E-state index in [9.17, 15) is 10.2 Å². The van der Waals surface area contributed by atoms with E-state index in [4.69, 9.17) is 10.5 Å². The van der Waals surface area contributed by atoms with E-state index in [1.54, 1.807) is 0 Å². The van der Waals surface area contributed by atoms with Crippen LogP contribution in [0.2, 0.25) is 0 Å². The molecule has 4 N–H and O–H groups in total. The lowest BCUT2D eigenvalue weighted by Crippen LogP contribution is -2.27. The van der Waals surface area contributed by atoms with Gasteiger partial charge in [-0.2, -0.15) is 0 Å². The normalized spacial score (nSPS) is 14.3. The van der Waals surface area contributed by atoms with Crippen LogP contribution in [0.4, 0.5) is 0 Å². The summed E-state index contributed by atoms with van der Waals surface area (Å²) in [5.41, 5.74) is 6.02. The molecule has 4 nitrogen and oxygen atoms in total. The molecule has 0 bridgehead atoms. The first kappa shape index (κ1) is 13.8. The van der Waals surface area contributed by atoms with Gasteiger partial charge in [0.2, 0.25) is 0 Å². The first-order chi connectivity index (χ1) is 9.19. The molecule has 0 saturated heterocycles. The summed E-state index contributed by atoms with van der Waals surface area (Å²) in [5, 5.41) is 21.9. The minimum Gasteiger partial charge on any atom is -0.493 e. The van der Waals surface area contributed by atoms with Crippen LogP contribution in [0.3, 0.4) is 0 Å². The second kappa shape index (κ2) is 6.02. The van der Waals surface area contributed by atoms with Crippen LogP contribution in [0.15, 0.2) is 36.4 Å². The van der Waals surface area contributed by atoms with Gasteiger partial charge in [-0.1, -0.05) is 30.3 Å². The molecule has 2 aromatic carbocycles. The molecular weight excluding hydrogens is 242 g/mol. The number of nitrogens with two attached hydrogens (primary N) is 1. The van der Waals surface area contributed by atoms with Gasteiger partial charge in [-0.05, 0) is 23.8 Å². The highest BCUT2D eigenvalue weighted by Crippen LogP contribution is 2.34. The summed E-state index contributed by atoms with van der Waals surface area (Å²) in [7, 11) is 0. The van der Waals surface area contributed by atoms with Gasteiger partial charge in [0.1, 0.15) is 11.9 Å². The van der Waals surface area contributed by atoms with Crippen LogP contribution in [0.1, 0.15) is 18.6 Å². The van der Waals surface area contributed by atoms with Crippen molar-refractivity contribution in [3.8, 4) is 5.75 Å². The van der Waals surface area contributed by atoms with Crippen molar-refractivity contribution < 1.29 is 14.9 Å². The molecule has 0 spiro atoms. The number of hydrogen-bond donors (Lipinski definition) is 3. The SMILES string of the molecule is CCOc1ccc2ccccc2c1C(O)C(O)CN. The lowest BCUT2D eigenvalue weighted by molar-refractivity contribution is 0.0236. The fourth-order valence-corrected chi connectivity index (χ4v) is 2.18. The zero-order valence-electron chi connectivity index (χ0n) is 10.9. The van der Waals surface area contributed by atoms with Crippen molar-refractivity contribution in [3.05, 3.63) is 42.0 Å². The standard InChI is InChI=1S/C15H19NO3/c1-2-19-13-8-7-10-5-3-4-6-11(10)14(13)15(18)12(17)9-16/h3-8,12,15,17-18H,2,9,16H2,1H3. The Morgan fingerprint density at radius 3 is 2.58 bits per heavy atom. The van der Waals surface area contributed by atoms with Crippen molar-refractivity contribution >= 4 is 10.8 Å². The van der Waals surface area contributed by atoms with Gasteiger partial charge in [0, 0.05) is 12.1 Å². The second-order valence-corrected chi connectivity index (χ2v) is 4.38.